The van der Waals surface area contributed by atoms with Crippen LogP contribution in [0.25, 0.3) is 111 Å². The van der Waals surface area contributed by atoms with Gasteiger partial charge in [-0.1, -0.05) is 173 Å². The minimum atomic E-state index is 0.136. The van der Waals surface area contributed by atoms with Crippen LogP contribution in [0.2, 0.25) is 0 Å². The Hall–Kier alpha value is -7.43. The molecule has 0 atom stereocenters. The molecular weight excluding hydrogens is 767 g/mol. The molecule has 4 heteroatoms. The van der Waals surface area contributed by atoms with Crippen molar-refractivity contribution in [3.8, 4) is 56.4 Å². The van der Waals surface area contributed by atoms with Crippen LogP contribution in [0.1, 0.15) is 51.7 Å². The lowest BCUT2D eigenvalue weighted by Gasteiger charge is -2.42. The van der Waals surface area contributed by atoms with E-state index in [0.717, 1.165) is 49.6 Å². The summed E-state index contributed by atoms with van der Waals surface area (Å²) in [6.45, 7) is 9.58. The summed E-state index contributed by atoms with van der Waals surface area (Å²) in [5, 5.41) is 9.22. The van der Waals surface area contributed by atoms with E-state index in [1.807, 2.05) is 30.3 Å². The number of furan rings is 1. The van der Waals surface area contributed by atoms with Crippen LogP contribution in [0, 0.1) is 0 Å². The average molecular weight is 812 g/mol. The largest absolute Gasteiger partial charge is 0.456 e. The Morgan fingerprint density at radius 2 is 0.889 bits per heavy atom. The van der Waals surface area contributed by atoms with E-state index in [1.165, 1.54) is 67.6 Å². The van der Waals surface area contributed by atoms with Gasteiger partial charge in [-0.15, -0.1) is 0 Å². The van der Waals surface area contributed by atoms with Crippen LogP contribution in [0.5, 0.6) is 0 Å². The molecule has 9 aromatic carbocycles. The maximum absolute atomic E-state index is 6.33. The Bertz CT molecular complexity index is 3630. The predicted molar refractivity (Wildman–Crippen MR) is 262 cm³/mol. The van der Waals surface area contributed by atoms with Gasteiger partial charge in [-0.25, -0.2) is 15.0 Å². The van der Waals surface area contributed by atoms with Crippen molar-refractivity contribution in [3.05, 3.63) is 187 Å². The molecule has 63 heavy (non-hydrogen) atoms. The highest BCUT2D eigenvalue weighted by Crippen LogP contribution is 2.47. The zero-order valence-corrected chi connectivity index (χ0v) is 35.9. The van der Waals surface area contributed by atoms with Gasteiger partial charge in [0.2, 0.25) is 0 Å². The van der Waals surface area contributed by atoms with Crippen molar-refractivity contribution in [2.75, 3.05) is 0 Å². The van der Waals surface area contributed by atoms with Crippen molar-refractivity contribution in [1.29, 1.82) is 0 Å². The smallest absolute Gasteiger partial charge is 0.164 e. The van der Waals surface area contributed by atoms with Gasteiger partial charge in [0.15, 0.2) is 17.5 Å². The van der Waals surface area contributed by atoms with Crippen molar-refractivity contribution >= 4 is 54.3 Å². The minimum Gasteiger partial charge on any atom is -0.456 e. The minimum absolute atomic E-state index is 0.136. The lowest BCUT2D eigenvalue weighted by molar-refractivity contribution is 0.332. The lowest BCUT2D eigenvalue weighted by Crippen LogP contribution is -2.33. The molecule has 0 unspecified atom stereocenters. The third kappa shape index (κ3) is 6.31. The molecule has 2 aromatic heterocycles. The van der Waals surface area contributed by atoms with E-state index in [-0.39, 0.29) is 10.8 Å². The van der Waals surface area contributed by atoms with E-state index in [4.69, 9.17) is 19.4 Å². The first-order valence-corrected chi connectivity index (χ1v) is 22.0. The molecule has 1 aliphatic rings. The summed E-state index contributed by atoms with van der Waals surface area (Å²) in [5.41, 5.74) is 12.4. The summed E-state index contributed by atoms with van der Waals surface area (Å²) in [4.78, 5) is 15.8. The molecule has 0 amide bonds. The van der Waals surface area contributed by atoms with E-state index in [0.29, 0.717) is 17.5 Å². The quantitative estimate of drug-likeness (QED) is 0.162. The fourth-order valence-electron chi connectivity index (χ4n) is 10.0. The Morgan fingerprint density at radius 3 is 1.67 bits per heavy atom. The fraction of sp³-hybridized carbons (Fsp3) is 0.136. The molecule has 0 N–H and O–H groups in total. The summed E-state index contributed by atoms with van der Waals surface area (Å²) < 4.78 is 6.33. The first-order chi connectivity index (χ1) is 30.6. The molecule has 0 fully saturated rings. The second-order valence-corrected chi connectivity index (χ2v) is 18.7. The van der Waals surface area contributed by atoms with Gasteiger partial charge < -0.3 is 4.42 Å². The topological polar surface area (TPSA) is 51.8 Å². The molecule has 12 rings (SSSR count). The molecule has 0 bridgehead atoms. The molecule has 4 nitrogen and oxygen atoms in total. The predicted octanol–water partition coefficient (Wildman–Crippen LogP) is 15.9. The standard InChI is InChI=1S/C59H45N3O/c1-58(2)30-31-59(3,4)51-35-44(28-29-50(51)58)43-26-21-38-19-20-39-22-27-45(34-49(39)48(38)33-43)56-60-55(40-23-16-37(17-24-40)42-25-18-36-10-5-6-11-41(36)32-42)61-57(62-56)47-13-9-15-53-54(47)46-12-7-8-14-52(46)63-53/h5-29,32-35H,30-31H2,1-4H3. The van der Waals surface area contributed by atoms with Crippen molar-refractivity contribution in [2.24, 2.45) is 0 Å². The third-order valence-electron chi connectivity index (χ3n) is 13.8. The molecule has 0 spiro atoms. The highest BCUT2D eigenvalue weighted by Gasteiger charge is 2.37. The first-order valence-electron chi connectivity index (χ1n) is 22.0. The van der Waals surface area contributed by atoms with Crippen LogP contribution in [0.3, 0.4) is 0 Å². The summed E-state index contributed by atoms with van der Waals surface area (Å²) in [6.07, 6.45) is 2.39. The first kappa shape index (κ1) is 37.3. The molecule has 302 valence electrons. The van der Waals surface area contributed by atoms with Crippen LogP contribution in [0.15, 0.2) is 180 Å². The van der Waals surface area contributed by atoms with Crippen molar-refractivity contribution in [2.45, 2.75) is 51.4 Å². The Morgan fingerprint density at radius 1 is 0.365 bits per heavy atom. The number of hydrogen-bond donors (Lipinski definition) is 0. The van der Waals surface area contributed by atoms with Crippen LogP contribution < -0.4 is 0 Å². The third-order valence-corrected chi connectivity index (χ3v) is 13.8. The SMILES string of the molecule is CC1(C)CCC(C)(C)c2cc(-c3ccc4ccc5ccc(-c6nc(-c7ccc(-c8ccc9ccccc9c8)cc7)nc(-c7cccc8oc9ccccc9c78)n6)cc5c4c3)ccc21. The van der Waals surface area contributed by atoms with Gasteiger partial charge in [0.05, 0.1) is 0 Å². The number of rotatable bonds is 5. The molecule has 11 aromatic rings. The van der Waals surface area contributed by atoms with Crippen LogP contribution in [0.4, 0.5) is 0 Å². The van der Waals surface area contributed by atoms with E-state index in [1.54, 1.807) is 0 Å². The number of para-hydroxylation sites is 1. The maximum Gasteiger partial charge on any atom is 0.164 e. The second-order valence-electron chi connectivity index (χ2n) is 18.7. The van der Waals surface area contributed by atoms with Crippen LogP contribution >= 0.6 is 0 Å². The van der Waals surface area contributed by atoms with Gasteiger partial charge in [0, 0.05) is 27.5 Å². The highest BCUT2D eigenvalue weighted by atomic mass is 16.3. The maximum atomic E-state index is 6.33. The lowest BCUT2D eigenvalue weighted by atomic mass is 9.63. The Kier molecular flexibility index (Phi) is 8.33. The molecule has 0 saturated carbocycles. The number of aromatic nitrogens is 3. The Labute approximate surface area is 366 Å². The van der Waals surface area contributed by atoms with E-state index < -0.39 is 0 Å². The average Bonchev–Trinajstić information content (AvgIpc) is 3.71. The molecule has 0 radical (unpaired) electrons. The van der Waals surface area contributed by atoms with Gasteiger partial charge >= 0.3 is 0 Å². The van der Waals surface area contributed by atoms with Gasteiger partial charge in [0.1, 0.15) is 11.2 Å². The van der Waals surface area contributed by atoms with Crippen LogP contribution in [-0.4, -0.2) is 15.0 Å². The molecule has 1 aliphatic carbocycles. The van der Waals surface area contributed by atoms with E-state index >= 15 is 0 Å². The monoisotopic (exact) mass is 811 g/mol. The number of fused-ring (bicyclic) bond motifs is 8. The van der Waals surface area contributed by atoms with E-state index in [2.05, 4.69) is 173 Å². The normalized spacial score (nSPS) is 14.5. The summed E-state index contributed by atoms with van der Waals surface area (Å²) in [7, 11) is 0. The fourth-order valence-corrected chi connectivity index (χ4v) is 10.0. The summed E-state index contributed by atoms with van der Waals surface area (Å²) in [5.74, 6) is 1.83. The second kappa shape index (κ2) is 14.1. The van der Waals surface area contributed by atoms with Gasteiger partial charge in [-0.2, -0.15) is 0 Å². The summed E-state index contributed by atoms with van der Waals surface area (Å²) >= 11 is 0. The zero-order chi connectivity index (χ0) is 42.5. The van der Waals surface area contributed by atoms with Gasteiger partial charge in [-0.3, -0.25) is 0 Å². The molecule has 0 aliphatic heterocycles. The van der Waals surface area contributed by atoms with Gasteiger partial charge in [0.25, 0.3) is 0 Å². The molecule has 0 saturated heterocycles. The Balaban J connectivity index is 1.01. The van der Waals surface area contributed by atoms with Crippen molar-refractivity contribution in [1.82, 2.24) is 15.0 Å². The van der Waals surface area contributed by atoms with Gasteiger partial charge in [-0.05, 0) is 120 Å². The zero-order valence-electron chi connectivity index (χ0n) is 35.9. The molecule has 2 heterocycles. The van der Waals surface area contributed by atoms with E-state index in [9.17, 15) is 0 Å². The highest BCUT2D eigenvalue weighted by molar-refractivity contribution is 6.12. The number of benzene rings is 9. The van der Waals surface area contributed by atoms with Crippen molar-refractivity contribution in [3.63, 3.8) is 0 Å². The van der Waals surface area contributed by atoms with Crippen molar-refractivity contribution < 1.29 is 4.42 Å². The number of nitrogens with zero attached hydrogens (tertiary/aromatic N) is 3. The molecular formula is C59H45N3O. The number of hydrogen-bond acceptors (Lipinski definition) is 4. The van der Waals surface area contributed by atoms with Crippen LogP contribution in [-0.2, 0) is 10.8 Å². The summed E-state index contributed by atoms with van der Waals surface area (Å²) in [6, 6.07) is 63.1.